The van der Waals surface area contributed by atoms with Crippen molar-refractivity contribution in [1.29, 1.82) is 0 Å². The van der Waals surface area contributed by atoms with Crippen LogP contribution >= 0.6 is 0 Å². The van der Waals surface area contributed by atoms with Crippen molar-refractivity contribution in [2.75, 3.05) is 0 Å². The Morgan fingerprint density at radius 2 is 0.673 bits per heavy atom. The van der Waals surface area contributed by atoms with Crippen LogP contribution in [0.4, 0.5) is 119 Å². The van der Waals surface area contributed by atoms with Gasteiger partial charge in [-0.15, -0.1) is 0 Å². The summed E-state index contributed by atoms with van der Waals surface area (Å²) in [5.74, 6) is -27.6. The molecule has 0 heterocycles. The number of alkyl halides is 26. The maximum Gasteiger partial charge on any atom is 1.00 e. The molecular formula is C18H9CsF28O2. The number of Topliss-reactive ketones (excluding diaryl/α,β-unsaturated/α-hetero) is 1. The minimum absolute atomic E-state index is 0. The van der Waals surface area contributed by atoms with Gasteiger partial charge < -0.3 is 9.44 Å². The van der Waals surface area contributed by atoms with Crippen LogP contribution in [0.1, 0.15) is 20.8 Å². The van der Waals surface area contributed by atoms with Crippen LogP contribution < -0.4 is 73.6 Å². The molecule has 0 aliphatic carbocycles. The number of carbonyl (C=O) groups excluding carboxylic acids is 1. The van der Waals surface area contributed by atoms with Crippen LogP contribution in [0.2, 0.25) is 0 Å². The second-order valence-electron chi connectivity index (χ2n) is 8.05. The first-order valence-corrected chi connectivity index (χ1v) is 9.96. The van der Waals surface area contributed by atoms with Gasteiger partial charge in [-0.3, -0.25) is 4.79 Å². The van der Waals surface area contributed by atoms with E-state index in [-0.39, 0.29) is 87.4 Å². The summed E-state index contributed by atoms with van der Waals surface area (Å²) in [6.45, 7) is 0.577. The van der Waals surface area contributed by atoms with E-state index < -0.39 is 89.4 Å². The number of halogens is 28. The number of allylic oxidation sites excluding steroid dienone is 4. The van der Waals surface area contributed by atoms with E-state index >= 15 is 0 Å². The van der Waals surface area contributed by atoms with Crippen LogP contribution in [0.15, 0.2) is 22.7 Å². The molecule has 0 saturated heterocycles. The topological polar surface area (TPSA) is 26.3 Å². The zero-order valence-electron chi connectivity index (χ0n) is 22.9. The van der Waals surface area contributed by atoms with Gasteiger partial charge in [-0.2, -0.15) is 114 Å². The van der Waals surface area contributed by atoms with Crippen molar-refractivity contribution in [3.8, 4) is 0 Å². The van der Waals surface area contributed by atoms with Crippen molar-refractivity contribution in [3.05, 3.63) is 22.7 Å². The average molecular weight is 922 g/mol. The second kappa shape index (κ2) is 17.7. The summed E-state index contributed by atoms with van der Waals surface area (Å²) < 4.78 is 325. The molecule has 0 aliphatic rings. The second-order valence-corrected chi connectivity index (χ2v) is 8.05. The molecule has 0 saturated carbocycles. The molecule has 0 aromatic rings. The van der Waals surface area contributed by atoms with Crippen molar-refractivity contribution >= 4 is 5.78 Å². The molecule has 0 aromatic carbocycles. The van der Waals surface area contributed by atoms with Crippen LogP contribution in [0, 0.1) is 0 Å². The molecule has 0 atom stereocenters. The Balaban J connectivity index is -0.000000215. The van der Waals surface area contributed by atoms with Gasteiger partial charge >= 0.3 is 124 Å². The molecule has 49 heavy (non-hydrogen) atoms. The molecule has 0 spiro atoms. The fourth-order valence-corrected chi connectivity index (χ4v) is 1.75. The Hall–Kier alpha value is -0.958. The van der Waals surface area contributed by atoms with E-state index in [1.165, 1.54) is 0 Å². The summed E-state index contributed by atoms with van der Waals surface area (Å²) >= 11 is 0. The summed E-state index contributed by atoms with van der Waals surface area (Å²) in [6, 6.07) is 0. The molecule has 0 bridgehead atoms. The maximum absolute atomic E-state index is 13.0. The van der Waals surface area contributed by atoms with Crippen LogP contribution in [0.3, 0.4) is 0 Å². The maximum atomic E-state index is 13.0. The first-order valence-electron chi connectivity index (χ1n) is 9.96. The Bertz CT molecular complexity index is 1080. The molecule has 0 N–H and O–H groups in total. The number of hydrogen-bond donors (Lipinski definition) is 0. The van der Waals surface area contributed by atoms with E-state index in [1.807, 2.05) is 0 Å². The molecule has 31 heteroatoms. The molecule has 290 valence electrons. The third kappa shape index (κ3) is 18.4. The quantitative estimate of drug-likeness (QED) is 0.295. The predicted molar refractivity (Wildman–Crippen MR) is 94.4 cm³/mol. The Morgan fingerprint density at radius 3 is 0.816 bits per heavy atom. The molecule has 0 unspecified atom stereocenters. The molecule has 0 fully saturated rings. The van der Waals surface area contributed by atoms with E-state index in [1.54, 1.807) is 0 Å². The predicted octanol–water partition coefficient (Wildman–Crippen LogP) is 4.96. The largest absolute Gasteiger partial charge is 1.00 e. The molecule has 0 aliphatic heterocycles. The normalized spacial score (nSPS) is 13.7. The number of rotatable bonds is 4. The Labute approximate surface area is 309 Å². The van der Waals surface area contributed by atoms with E-state index in [4.69, 9.17) is 0 Å². The third-order valence-corrected chi connectivity index (χ3v) is 3.60. The summed E-state index contributed by atoms with van der Waals surface area (Å²) in [6.07, 6.45) is -45.4. The van der Waals surface area contributed by atoms with Gasteiger partial charge in [0.25, 0.3) is 0 Å². The van der Waals surface area contributed by atoms with E-state index in [9.17, 15) is 123 Å². The van der Waals surface area contributed by atoms with Crippen molar-refractivity contribution in [3.63, 3.8) is 0 Å². The van der Waals surface area contributed by atoms with Gasteiger partial charge in [0.1, 0.15) is 0 Å². The smallest absolute Gasteiger partial charge is 1.00 e. The zero-order valence-corrected chi connectivity index (χ0v) is 29.2. The fourth-order valence-electron chi connectivity index (χ4n) is 1.75. The van der Waals surface area contributed by atoms with Crippen LogP contribution in [0.25, 0.3) is 0 Å². The zero-order chi connectivity index (χ0) is 39.6. The standard InChI is InChI=1S/C9H6F12O.C6F12.C3H3F3O.Cs.FH/c1-5(2,10)22-4(6(11,12)9(19,20)21)3(7(13,14)15)8(16,17)18;7-2(3(8,9)6(16,17)18)1(4(10,11)12)5(13,14)15;1-2(7)3(4,5)6;;/h1-2H3;;1H3;;1H/q;;;+1;/p-1. The van der Waals surface area contributed by atoms with Crippen LogP contribution in [-0.4, -0.2) is 66.7 Å². The van der Waals surface area contributed by atoms with E-state index in [0.29, 0.717) is 6.92 Å². The number of hydrogen-bond acceptors (Lipinski definition) is 2. The Kier molecular flexibility index (Phi) is 20.7. The first kappa shape index (κ1) is 57.4. The fraction of sp³-hybridized carbons (Fsp3) is 0.722. The van der Waals surface area contributed by atoms with Gasteiger partial charge in [-0.25, -0.2) is 4.39 Å². The summed E-state index contributed by atoms with van der Waals surface area (Å²) in [5, 5.41) is 0. The number of ketones is 1. The Morgan fingerprint density at radius 1 is 0.449 bits per heavy atom. The third-order valence-electron chi connectivity index (χ3n) is 3.60. The van der Waals surface area contributed by atoms with Crippen molar-refractivity contribution in [2.24, 2.45) is 0 Å². The van der Waals surface area contributed by atoms with Gasteiger partial charge in [-0.05, 0) is 0 Å². The summed E-state index contributed by atoms with van der Waals surface area (Å²) in [7, 11) is 0. The van der Waals surface area contributed by atoms with Crippen molar-refractivity contribution in [2.45, 2.75) is 81.7 Å². The SMILES string of the molecule is CC(=O)C(F)(F)F.CC(C)(F)OC(=C(C(F)(F)F)C(F)(F)F)C(F)(F)C(F)(F)F.FC(=C(C(F)(F)F)C(F)(F)F)C(F)(F)C(F)(F)F.[Cs+].[F-]. The molecule has 2 nitrogen and oxygen atoms in total. The van der Waals surface area contributed by atoms with Crippen molar-refractivity contribution in [1.82, 2.24) is 0 Å². The summed E-state index contributed by atoms with van der Waals surface area (Å²) in [4.78, 5) is 9.34. The minimum atomic E-state index is -6.93. The van der Waals surface area contributed by atoms with Crippen LogP contribution in [-0.2, 0) is 9.53 Å². The van der Waals surface area contributed by atoms with Crippen LogP contribution in [0.5, 0.6) is 0 Å². The van der Waals surface area contributed by atoms with Gasteiger partial charge in [-0.1, -0.05) is 0 Å². The molecule has 0 aromatic heterocycles. The molecular weight excluding hydrogens is 913 g/mol. The van der Waals surface area contributed by atoms with Gasteiger partial charge in [0, 0.05) is 20.8 Å². The average Bonchev–Trinajstić information content (AvgIpc) is 2.66. The van der Waals surface area contributed by atoms with Gasteiger partial charge in [0.2, 0.25) is 11.6 Å². The van der Waals surface area contributed by atoms with Crippen molar-refractivity contribution < 1.29 is 202 Å². The van der Waals surface area contributed by atoms with Gasteiger partial charge in [0.15, 0.2) is 22.7 Å². The van der Waals surface area contributed by atoms with E-state index in [0.717, 1.165) is 0 Å². The molecule has 0 amide bonds. The van der Waals surface area contributed by atoms with Gasteiger partial charge in [0.05, 0.1) is 0 Å². The number of ether oxygens (including phenoxy) is 1. The minimum Gasteiger partial charge on any atom is -1.00 e. The first-order chi connectivity index (χ1) is 19.7. The summed E-state index contributed by atoms with van der Waals surface area (Å²) in [5.41, 5.74) is -8.81. The van der Waals surface area contributed by atoms with E-state index in [2.05, 4.69) is 4.74 Å². The monoisotopic (exact) mass is 922 g/mol. The molecule has 0 radical (unpaired) electrons. The molecule has 0 rings (SSSR count). The number of carbonyl (C=O) groups is 1.